The van der Waals surface area contributed by atoms with Crippen molar-refractivity contribution >= 4 is 42.2 Å². The molecule has 0 aromatic heterocycles. The summed E-state index contributed by atoms with van der Waals surface area (Å²) >= 11 is 3.94. The number of nitrogens with two attached hydrogens (primary N) is 2. The molecule has 1 aromatic carbocycles. The Hall–Kier alpha value is -3.32. The maximum Gasteiger partial charge on any atom is 0.322 e. The van der Waals surface area contributed by atoms with Gasteiger partial charge in [0.15, 0.2) is 0 Å². The van der Waals surface area contributed by atoms with Crippen molar-refractivity contribution in [3.63, 3.8) is 0 Å². The number of hydrogen-bond donors (Lipinski definition) is 8. The van der Waals surface area contributed by atoms with Gasteiger partial charge in [0.2, 0.25) is 23.6 Å². The first-order valence-electron chi connectivity index (χ1n) is 9.06. The molecule has 0 bridgehead atoms. The van der Waals surface area contributed by atoms with Crippen molar-refractivity contribution in [2.45, 2.75) is 31.0 Å². The van der Waals surface area contributed by atoms with Crippen molar-refractivity contribution in [1.82, 2.24) is 16.0 Å². The van der Waals surface area contributed by atoms with E-state index in [1.807, 2.05) is 0 Å². The number of nitrogens with one attached hydrogen (secondary N) is 3. The molecular formula is C18H25N5O7S. The fourth-order valence-corrected chi connectivity index (χ4v) is 2.68. The van der Waals surface area contributed by atoms with Gasteiger partial charge in [-0.2, -0.15) is 12.6 Å². The summed E-state index contributed by atoms with van der Waals surface area (Å²) in [6.45, 7) is -0.660. The van der Waals surface area contributed by atoms with E-state index in [0.717, 1.165) is 0 Å². The summed E-state index contributed by atoms with van der Waals surface area (Å²) in [6.07, 6.45) is -0.465. The molecule has 1 aromatic rings. The quantitative estimate of drug-likeness (QED) is 0.154. The van der Waals surface area contributed by atoms with Crippen LogP contribution in [0.25, 0.3) is 0 Å². The normalized spacial score (nSPS) is 13.4. The van der Waals surface area contributed by atoms with Gasteiger partial charge in [-0.1, -0.05) is 12.1 Å². The number of phenolic OH excluding ortho intramolecular Hbond substituents is 1. The van der Waals surface area contributed by atoms with Crippen LogP contribution in [0, 0.1) is 0 Å². The lowest BCUT2D eigenvalue weighted by atomic mass is 10.0. The van der Waals surface area contributed by atoms with E-state index in [-0.39, 0.29) is 17.9 Å². The molecule has 3 atom stereocenters. The van der Waals surface area contributed by atoms with Gasteiger partial charge in [0, 0.05) is 5.75 Å². The van der Waals surface area contributed by atoms with E-state index in [1.165, 1.54) is 12.1 Å². The van der Waals surface area contributed by atoms with Gasteiger partial charge >= 0.3 is 5.97 Å². The summed E-state index contributed by atoms with van der Waals surface area (Å²) in [7, 11) is 0. The van der Waals surface area contributed by atoms with E-state index in [4.69, 9.17) is 16.6 Å². The van der Waals surface area contributed by atoms with E-state index in [2.05, 4.69) is 28.6 Å². The number of carboxylic acid groups (broad SMARTS) is 1. The Labute approximate surface area is 183 Å². The van der Waals surface area contributed by atoms with Crippen LogP contribution in [0.3, 0.4) is 0 Å². The van der Waals surface area contributed by atoms with Gasteiger partial charge in [-0.25, -0.2) is 0 Å². The van der Waals surface area contributed by atoms with Crippen LogP contribution in [0.4, 0.5) is 0 Å². The zero-order chi connectivity index (χ0) is 23.6. The summed E-state index contributed by atoms with van der Waals surface area (Å²) in [5, 5.41) is 24.6. The molecule has 4 amide bonds. The number of carboxylic acids is 1. The first-order chi connectivity index (χ1) is 14.5. The number of rotatable bonds is 12. The molecule has 0 aliphatic carbocycles. The van der Waals surface area contributed by atoms with E-state index in [1.54, 1.807) is 12.1 Å². The predicted molar refractivity (Wildman–Crippen MR) is 112 cm³/mol. The number of amides is 4. The molecule has 9 N–H and O–H groups in total. The van der Waals surface area contributed by atoms with Crippen molar-refractivity contribution in [2.75, 3.05) is 12.3 Å². The summed E-state index contributed by atoms with van der Waals surface area (Å²) in [6, 6.07) is 2.30. The van der Waals surface area contributed by atoms with Gasteiger partial charge < -0.3 is 37.6 Å². The molecule has 1 rings (SSSR count). The van der Waals surface area contributed by atoms with Crippen LogP contribution < -0.4 is 27.4 Å². The third kappa shape index (κ3) is 9.35. The van der Waals surface area contributed by atoms with Crippen molar-refractivity contribution < 1.29 is 34.2 Å². The third-order valence-corrected chi connectivity index (χ3v) is 4.36. The fraction of sp³-hybridized carbons (Fsp3) is 0.389. The largest absolute Gasteiger partial charge is 0.508 e. The molecule has 12 nitrogen and oxygen atoms in total. The van der Waals surface area contributed by atoms with Crippen molar-refractivity contribution in [3.05, 3.63) is 29.8 Å². The van der Waals surface area contributed by atoms with E-state index < -0.39 is 60.7 Å². The molecular weight excluding hydrogens is 430 g/mol. The summed E-state index contributed by atoms with van der Waals surface area (Å²) in [5.41, 5.74) is 11.6. The lowest BCUT2D eigenvalue weighted by Gasteiger charge is -2.22. The van der Waals surface area contributed by atoms with E-state index >= 15 is 0 Å². The summed E-state index contributed by atoms with van der Waals surface area (Å²) in [4.78, 5) is 58.8. The lowest BCUT2D eigenvalue weighted by Crippen LogP contribution is -2.57. The fourth-order valence-electron chi connectivity index (χ4n) is 2.42. The van der Waals surface area contributed by atoms with Crippen LogP contribution in [-0.4, -0.2) is 70.2 Å². The van der Waals surface area contributed by atoms with E-state index in [9.17, 15) is 29.1 Å². The van der Waals surface area contributed by atoms with Crippen LogP contribution in [-0.2, 0) is 30.4 Å². The van der Waals surface area contributed by atoms with Gasteiger partial charge in [-0.3, -0.25) is 24.0 Å². The maximum atomic E-state index is 12.5. The van der Waals surface area contributed by atoms with Crippen LogP contribution in [0.15, 0.2) is 24.3 Å². The smallest absolute Gasteiger partial charge is 0.322 e. The minimum absolute atomic E-state index is 0.0473. The molecule has 0 heterocycles. The second kappa shape index (κ2) is 12.4. The zero-order valence-electron chi connectivity index (χ0n) is 16.4. The second-order valence-electron chi connectivity index (χ2n) is 6.56. The van der Waals surface area contributed by atoms with Gasteiger partial charge in [0.05, 0.1) is 12.5 Å². The number of aliphatic carboxylic acids is 1. The number of carbonyl (C=O) groups excluding carboxylic acids is 4. The highest BCUT2D eigenvalue weighted by Gasteiger charge is 2.29. The molecule has 0 radical (unpaired) electrons. The monoisotopic (exact) mass is 455 g/mol. The Bertz CT molecular complexity index is 818. The molecule has 0 saturated carbocycles. The minimum Gasteiger partial charge on any atom is -0.508 e. The molecule has 0 fully saturated rings. The maximum absolute atomic E-state index is 12.5. The standard InChI is InChI=1S/C18H25N5O7S/c19-11(5-9-1-3-10(24)4-2-9)16(28)22-12(6-14(20)25)18(30)23-13(8-31)17(29)21-7-15(26)27/h1-4,11-13,24,31H,5-8,19H2,(H2,20,25)(H,21,29)(H,22,28)(H,23,30)(H,26,27). The lowest BCUT2D eigenvalue weighted by molar-refractivity contribution is -0.138. The summed E-state index contributed by atoms with van der Waals surface area (Å²) in [5.74, 6) is -4.73. The molecule has 13 heteroatoms. The van der Waals surface area contributed by atoms with Crippen LogP contribution in [0.1, 0.15) is 12.0 Å². The zero-order valence-corrected chi connectivity index (χ0v) is 17.3. The summed E-state index contributed by atoms with van der Waals surface area (Å²) < 4.78 is 0. The van der Waals surface area contributed by atoms with Gasteiger partial charge in [0.1, 0.15) is 24.4 Å². The highest BCUT2D eigenvalue weighted by Crippen LogP contribution is 2.11. The topological polar surface area (TPSA) is 214 Å². The third-order valence-electron chi connectivity index (χ3n) is 4.00. The van der Waals surface area contributed by atoms with Crippen LogP contribution in [0.5, 0.6) is 5.75 Å². The average molecular weight is 455 g/mol. The molecule has 0 spiro atoms. The SMILES string of the molecule is NC(=O)CC(NC(=O)C(N)Cc1ccc(O)cc1)C(=O)NC(CS)C(=O)NCC(=O)O. The highest BCUT2D eigenvalue weighted by atomic mass is 32.1. The van der Waals surface area contributed by atoms with Gasteiger partial charge in [-0.15, -0.1) is 0 Å². The Balaban J connectivity index is 2.78. The second-order valence-corrected chi connectivity index (χ2v) is 6.93. The minimum atomic E-state index is -1.41. The number of primary amides is 1. The number of benzene rings is 1. The van der Waals surface area contributed by atoms with Crippen molar-refractivity contribution in [3.8, 4) is 5.75 Å². The van der Waals surface area contributed by atoms with Crippen LogP contribution >= 0.6 is 12.6 Å². The molecule has 170 valence electrons. The number of thiol groups is 1. The van der Waals surface area contributed by atoms with Crippen molar-refractivity contribution in [2.24, 2.45) is 11.5 Å². The number of aromatic hydroxyl groups is 1. The molecule has 0 aliphatic rings. The Morgan fingerprint density at radius 3 is 2.06 bits per heavy atom. The highest BCUT2D eigenvalue weighted by molar-refractivity contribution is 7.80. The molecule has 0 saturated heterocycles. The Morgan fingerprint density at radius 1 is 0.968 bits per heavy atom. The Morgan fingerprint density at radius 2 is 1.55 bits per heavy atom. The average Bonchev–Trinajstić information content (AvgIpc) is 2.70. The van der Waals surface area contributed by atoms with Gasteiger partial charge in [0.25, 0.3) is 0 Å². The number of carbonyl (C=O) groups is 5. The Kier molecular flexibility index (Phi) is 10.3. The van der Waals surface area contributed by atoms with E-state index in [0.29, 0.717) is 5.56 Å². The predicted octanol–water partition coefficient (Wildman–Crippen LogP) is -2.76. The van der Waals surface area contributed by atoms with Crippen molar-refractivity contribution in [1.29, 1.82) is 0 Å². The van der Waals surface area contributed by atoms with Gasteiger partial charge in [-0.05, 0) is 24.1 Å². The first kappa shape index (κ1) is 25.7. The molecule has 31 heavy (non-hydrogen) atoms. The molecule has 3 unspecified atom stereocenters. The van der Waals surface area contributed by atoms with Crippen LogP contribution in [0.2, 0.25) is 0 Å². The number of hydrogen-bond acceptors (Lipinski definition) is 8. The molecule has 0 aliphatic heterocycles. The first-order valence-corrected chi connectivity index (χ1v) is 9.69. The number of phenols is 1.